The largest absolute Gasteiger partial charge is 0.495 e. The first-order valence-electron chi connectivity index (χ1n) is 4.78. The van der Waals surface area contributed by atoms with E-state index in [9.17, 15) is 17.1 Å². The van der Waals surface area contributed by atoms with Crippen LogP contribution >= 0.6 is 15.9 Å². The molecule has 0 bridgehead atoms. The second-order valence-corrected chi connectivity index (χ2v) is 5.60. The van der Waals surface area contributed by atoms with Crippen LogP contribution in [0, 0.1) is 0 Å². The Morgan fingerprint density at radius 3 is 2.56 bits per heavy atom. The van der Waals surface area contributed by atoms with Crippen LogP contribution in [0.1, 0.15) is 12.0 Å². The third-order valence-corrected chi connectivity index (χ3v) is 3.79. The average molecular weight is 341 g/mol. The Labute approximate surface area is 112 Å². The third-order valence-electron chi connectivity index (χ3n) is 2.20. The van der Waals surface area contributed by atoms with Crippen molar-refractivity contribution in [1.82, 2.24) is 0 Å². The summed E-state index contributed by atoms with van der Waals surface area (Å²) in [4.78, 5) is 9.85. The van der Waals surface area contributed by atoms with E-state index < -0.39 is 21.1 Å². The van der Waals surface area contributed by atoms with Crippen LogP contribution in [0.3, 0.4) is 0 Å². The van der Waals surface area contributed by atoms with Gasteiger partial charge in [-0.15, -0.1) is 3.89 Å². The van der Waals surface area contributed by atoms with Gasteiger partial charge in [-0.2, -0.15) is 8.42 Å². The Bertz CT molecular complexity index is 570. The van der Waals surface area contributed by atoms with Gasteiger partial charge in [-0.05, 0) is 24.1 Å². The quantitative estimate of drug-likeness (QED) is 0.830. The van der Waals surface area contributed by atoms with Gasteiger partial charge >= 0.3 is 16.2 Å². The first-order chi connectivity index (χ1) is 8.25. The number of carbonyl (C=O) groups is 1. The van der Waals surface area contributed by atoms with Gasteiger partial charge in [0.1, 0.15) is 10.6 Å². The lowest BCUT2D eigenvalue weighted by Crippen LogP contribution is -2.02. The topological polar surface area (TPSA) is 80.7 Å². The smallest absolute Gasteiger partial charge is 0.335 e. The van der Waals surface area contributed by atoms with E-state index >= 15 is 0 Å². The summed E-state index contributed by atoms with van der Waals surface area (Å²) >= 11 is 3.15. The van der Waals surface area contributed by atoms with Crippen molar-refractivity contribution in [2.45, 2.75) is 17.7 Å². The van der Waals surface area contributed by atoms with Crippen molar-refractivity contribution in [2.24, 2.45) is 0 Å². The predicted molar refractivity (Wildman–Crippen MR) is 64.9 cm³/mol. The predicted octanol–water partition coefficient (Wildman–Crippen LogP) is 2.13. The molecule has 0 aliphatic carbocycles. The third kappa shape index (κ3) is 3.67. The van der Waals surface area contributed by atoms with Gasteiger partial charge in [-0.25, -0.2) is 0 Å². The number of benzene rings is 1. The molecule has 1 aromatic carbocycles. The lowest BCUT2D eigenvalue weighted by Gasteiger charge is -2.09. The van der Waals surface area contributed by atoms with Gasteiger partial charge in [0.25, 0.3) is 0 Å². The lowest BCUT2D eigenvalue weighted by atomic mass is 10.1. The van der Waals surface area contributed by atoms with E-state index in [-0.39, 0.29) is 18.6 Å². The van der Waals surface area contributed by atoms with E-state index in [2.05, 4.69) is 15.9 Å². The van der Waals surface area contributed by atoms with E-state index in [0.29, 0.717) is 10.0 Å². The zero-order chi connectivity index (χ0) is 13.9. The number of methoxy groups -OCH3 is 1. The second kappa shape index (κ2) is 5.66. The molecule has 0 radical (unpaired) electrons. The lowest BCUT2D eigenvalue weighted by molar-refractivity contribution is -0.136. The summed E-state index contributed by atoms with van der Waals surface area (Å²) in [5, 5.41) is 8.56. The minimum atomic E-state index is -4.92. The number of hydrogen-bond donors (Lipinski definition) is 1. The molecule has 0 saturated carbocycles. The normalized spacial score (nSPS) is 11.3. The average Bonchev–Trinajstić information content (AvgIpc) is 2.25. The summed E-state index contributed by atoms with van der Waals surface area (Å²) in [6.07, 6.45) is -0.0981. The minimum Gasteiger partial charge on any atom is -0.495 e. The molecule has 1 aromatic rings. The number of aryl methyl sites for hydroxylation is 1. The maximum Gasteiger partial charge on any atom is 0.335 e. The molecular weight excluding hydrogens is 331 g/mol. The van der Waals surface area contributed by atoms with Gasteiger partial charge in [-0.1, -0.05) is 15.9 Å². The number of hydrogen-bond acceptors (Lipinski definition) is 4. The van der Waals surface area contributed by atoms with Crippen molar-refractivity contribution < 1.29 is 26.9 Å². The van der Waals surface area contributed by atoms with Gasteiger partial charge in [0.15, 0.2) is 0 Å². The van der Waals surface area contributed by atoms with E-state index in [1.165, 1.54) is 13.2 Å². The van der Waals surface area contributed by atoms with Crippen LogP contribution in [-0.2, 0) is 21.4 Å². The molecule has 1 rings (SSSR count). The fourth-order valence-corrected chi connectivity index (χ4v) is 2.55. The van der Waals surface area contributed by atoms with Gasteiger partial charge in [-0.3, -0.25) is 4.79 Å². The van der Waals surface area contributed by atoms with Crippen LogP contribution < -0.4 is 4.74 Å². The van der Waals surface area contributed by atoms with Crippen molar-refractivity contribution in [1.29, 1.82) is 0 Å². The van der Waals surface area contributed by atoms with Crippen molar-refractivity contribution in [3.63, 3.8) is 0 Å². The molecule has 0 atom stereocenters. The van der Waals surface area contributed by atoms with E-state index in [1.807, 2.05) is 0 Å². The van der Waals surface area contributed by atoms with Crippen LogP contribution in [0.4, 0.5) is 3.89 Å². The molecule has 100 valence electrons. The minimum absolute atomic E-state index is 0.0857. The molecule has 0 spiro atoms. The molecule has 0 saturated heterocycles. The molecule has 1 N–H and O–H groups in total. The number of carboxylic acids is 1. The molecule has 0 aliphatic heterocycles. The van der Waals surface area contributed by atoms with Crippen LogP contribution in [-0.4, -0.2) is 26.6 Å². The number of carboxylic acid groups (broad SMARTS) is 1. The standard InChI is InChI=1S/C10H10BrFO5S/c1-17-8-5-7(11)6(2-3-10(13)14)4-9(8)18(12,15)16/h4-5H,2-3H2,1H3,(H,13,14). The summed E-state index contributed by atoms with van der Waals surface area (Å²) in [6.45, 7) is 0. The fraction of sp³-hybridized carbons (Fsp3) is 0.300. The van der Waals surface area contributed by atoms with Crippen LogP contribution in [0.2, 0.25) is 0 Å². The van der Waals surface area contributed by atoms with Gasteiger partial charge in [0.05, 0.1) is 7.11 Å². The second-order valence-electron chi connectivity index (χ2n) is 3.43. The Balaban J connectivity index is 3.26. The molecular formula is C10H10BrFO5S. The van der Waals surface area contributed by atoms with E-state index in [4.69, 9.17) is 9.84 Å². The molecule has 0 heterocycles. The SMILES string of the molecule is COc1cc(Br)c(CCC(=O)O)cc1S(=O)(=O)F. The Morgan fingerprint density at radius 1 is 1.50 bits per heavy atom. The highest BCUT2D eigenvalue weighted by Crippen LogP contribution is 2.32. The van der Waals surface area contributed by atoms with Gasteiger partial charge in [0, 0.05) is 10.9 Å². The fourth-order valence-electron chi connectivity index (χ4n) is 1.36. The number of aliphatic carboxylic acids is 1. The number of halogens is 2. The molecule has 5 nitrogen and oxygen atoms in total. The highest BCUT2D eigenvalue weighted by Gasteiger charge is 2.21. The number of ether oxygens (including phenoxy) is 1. The molecule has 8 heteroatoms. The molecule has 0 fully saturated rings. The van der Waals surface area contributed by atoms with Crippen LogP contribution in [0.5, 0.6) is 5.75 Å². The van der Waals surface area contributed by atoms with Crippen LogP contribution in [0.25, 0.3) is 0 Å². The highest BCUT2D eigenvalue weighted by atomic mass is 79.9. The highest BCUT2D eigenvalue weighted by molar-refractivity contribution is 9.10. The summed E-state index contributed by atoms with van der Waals surface area (Å²) in [5.41, 5.74) is 0.384. The molecule has 0 amide bonds. The molecule has 0 aliphatic rings. The monoisotopic (exact) mass is 340 g/mol. The van der Waals surface area contributed by atoms with Gasteiger partial charge < -0.3 is 9.84 Å². The zero-order valence-corrected chi connectivity index (χ0v) is 11.7. The van der Waals surface area contributed by atoms with E-state index in [1.54, 1.807) is 0 Å². The van der Waals surface area contributed by atoms with Gasteiger partial charge in [0.2, 0.25) is 0 Å². The summed E-state index contributed by atoms with van der Waals surface area (Å²) < 4.78 is 40.1. The van der Waals surface area contributed by atoms with Crippen molar-refractivity contribution in [2.75, 3.05) is 7.11 Å². The summed E-state index contributed by atoms with van der Waals surface area (Å²) in [7, 11) is -3.70. The van der Waals surface area contributed by atoms with Crippen LogP contribution in [0.15, 0.2) is 21.5 Å². The zero-order valence-electron chi connectivity index (χ0n) is 9.31. The maximum atomic E-state index is 13.0. The van der Waals surface area contributed by atoms with E-state index in [0.717, 1.165) is 6.07 Å². The molecule has 18 heavy (non-hydrogen) atoms. The molecule has 0 unspecified atom stereocenters. The maximum absolute atomic E-state index is 13.0. The summed E-state index contributed by atoms with van der Waals surface area (Å²) in [5.74, 6) is -1.16. The van der Waals surface area contributed by atoms with Crippen molar-refractivity contribution in [3.05, 3.63) is 22.2 Å². The first-order valence-corrected chi connectivity index (χ1v) is 6.96. The first kappa shape index (κ1) is 14.9. The molecule has 0 aromatic heterocycles. The Kier molecular flexibility index (Phi) is 4.69. The Hall–Kier alpha value is -1.15. The Morgan fingerprint density at radius 2 is 2.11 bits per heavy atom. The van der Waals surface area contributed by atoms with Crippen molar-refractivity contribution in [3.8, 4) is 5.75 Å². The summed E-state index contributed by atoms with van der Waals surface area (Å²) in [6, 6.07) is 2.37. The number of rotatable bonds is 5. The van der Waals surface area contributed by atoms with Crippen molar-refractivity contribution >= 4 is 32.1 Å².